The molecule has 0 aromatic heterocycles. The molecule has 18 heavy (non-hydrogen) atoms. The molecule has 0 aromatic carbocycles. The van der Waals surface area contributed by atoms with E-state index in [4.69, 9.17) is 9.47 Å². The SMILES string of the molecule is CCOC(=O)N1[C@H]2C[C@H](OC(C)=O)C[C@@H]1[C@@H](O)C2. The van der Waals surface area contributed by atoms with Crippen molar-refractivity contribution in [2.75, 3.05) is 6.61 Å². The van der Waals surface area contributed by atoms with Gasteiger partial charge < -0.3 is 14.6 Å². The number of aliphatic hydroxyl groups is 1. The predicted octanol–water partition coefficient (Wildman–Crippen LogP) is 0.672. The summed E-state index contributed by atoms with van der Waals surface area (Å²) in [5.74, 6) is -0.321. The number of esters is 1. The molecule has 2 aliphatic heterocycles. The molecule has 0 radical (unpaired) electrons. The highest BCUT2D eigenvalue weighted by Gasteiger charge is 2.49. The molecule has 4 atom stereocenters. The lowest BCUT2D eigenvalue weighted by atomic mass is 10.00. The molecule has 2 aliphatic rings. The lowest BCUT2D eigenvalue weighted by Gasteiger charge is -2.37. The zero-order valence-corrected chi connectivity index (χ0v) is 10.7. The lowest BCUT2D eigenvalue weighted by molar-refractivity contribution is -0.149. The van der Waals surface area contributed by atoms with E-state index in [2.05, 4.69) is 0 Å². The summed E-state index contributed by atoms with van der Waals surface area (Å²) >= 11 is 0. The maximum atomic E-state index is 11.8. The Kier molecular flexibility index (Phi) is 3.75. The molecular weight excluding hydrogens is 238 g/mol. The molecule has 0 aliphatic carbocycles. The molecule has 0 spiro atoms. The molecule has 1 N–H and O–H groups in total. The van der Waals surface area contributed by atoms with Gasteiger partial charge in [0, 0.05) is 25.8 Å². The summed E-state index contributed by atoms with van der Waals surface area (Å²) in [7, 11) is 0. The third kappa shape index (κ3) is 2.43. The van der Waals surface area contributed by atoms with Crippen LogP contribution in [0.1, 0.15) is 33.1 Å². The average Bonchev–Trinajstić information content (AvgIpc) is 2.46. The molecule has 102 valence electrons. The summed E-state index contributed by atoms with van der Waals surface area (Å²) in [4.78, 5) is 24.4. The molecule has 1 amide bonds. The van der Waals surface area contributed by atoms with E-state index in [0.717, 1.165) is 0 Å². The maximum Gasteiger partial charge on any atom is 0.410 e. The molecule has 2 heterocycles. The fraction of sp³-hybridized carbons (Fsp3) is 0.833. The first kappa shape index (κ1) is 13.1. The molecule has 6 nitrogen and oxygen atoms in total. The van der Waals surface area contributed by atoms with Gasteiger partial charge in [-0.3, -0.25) is 9.69 Å². The summed E-state index contributed by atoms with van der Waals surface area (Å²) in [6.45, 7) is 3.44. The fourth-order valence-electron chi connectivity index (χ4n) is 2.97. The second kappa shape index (κ2) is 5.14. The maximum absolute atomic E-state index is 11.8. The van der Waals surface area contributed by atoms with E-state index in [1.54, 1.807) is 11.8 Å². The van der Waals surface area contributed by atoms with Gasteiger partial charge in [-0.15, -0.1) is 0 Å². The van der Waals surface area contributed by atoms with Crippen LogP contribution in [0, 0.1) is 0 Å². The summed E-state index contributed by atoms with van der Waals surface area (Å²) in [6.07, 6.45) is 0.439. The first-order chi connectivity index (χ1) is 8.52. The minimum Gasteiger partial charge on any atom is -0.462 e. The van der Waals surface area contributed by atoms with Crippen LogP contribution in [0.3, 0.4) is 0 Å². The van der Waals surface area contributed by atoms with E-state index in [1.807, 2.05) is 0 Å². The predicted molar refractivity (Wildman–Crippen MR) is 61.8 cm³/mol. The third-order valence-electron chi connectivity index (χ3n) is 3.56. The molecule has 2 saturated heterocycles. The van der Waals surface area contributed by atoms with E-state index < -0.39 is 6.10 Å². The van der Waals surface area contributed by atoms with Crippen molar-refractivity contribution in [2.24, 2.45) is 0 Å². The number of piperidine rings is 1. The van der Waals surface area contributed by atoms with Gasteiger partial charge in [-0.1, -0.05) is 0 Å². The summed E-state index contributed by atoms with van der Waals surface area (Å²) < 4.78 is 10.2. The Morgan fingerprint density at radius 1 is 1.33 bits per heavy atom. The zero-order valence-electron chi connectivity index (χ0n) is 10.7. The van der Waals surface area contributed by atoms with Crippen molar-refractivity contribution in [1.29, 1.82) is 0 Å². The second-order valence-corrected chi connectivity index (χ2v) is 4.83. The van der Waals surface area contributed by atoms with Crippen LogP contribution in [-0.2, 0) is 14.3 Å². The molecule has 2 bridgehead atoms. The third-order valence-corrected chi connectivity index (χ3v) is 3.56. The van der Waals surface area contributed by atoms with Crippen LogP contribution in [0.25, 0.3) is 0 Å². The van der Waals surface area contributed by atoms with Gasteiger partial charge in [0.05, 0.1) is 18.8 Å². The molecular formula is C12H19NO5. The van der Waals surface area contributed by atoms with E-state index in [9.17, 15) is 14.7 Å². The van der Waals surface area contributed by atoms with Gasteiger partial charge in [-0.25, -0.2) is 4.79 Å². The van der Waals surface area contributed by atoms with E-state index in [0.29, 0.717) is 25.9 Å². The van der Waals surface area contributed by atoms with Crippen LogP contribution in [0.15, 0.2) is 0 Å². The Bertz CT molecular complexity index is 345. The monoisotopic (exact) mass is 257 g/mol. The summed E-state index contributed by atoms with van der Waals surface area (Å²) in [5, 5.41) is 9.95. The summed E-state index contributed by atoms with van der Waals surface area (Å²) in [6, 6.07) is -0.394. The van der Waals surface area contributed by atoms with Gasteiger partial charge in [-0.05, 0) is 13.3 Å². The van der Waals surface area contributed by atoms with Crippen molar-refractivity contribution in [1.82, 2.24) is 4.90 Å². The minimum atomic E-state index is -0.556. The quantitative estimate of drug-likeness (QED) is 0.736. The second-order valence-electron chi connectivity index (χ2n) is 4.83. The van der Waals surface area contributed by atoms with E-state index in [1.165, 1.54) is 6.92 Å². The number of carbonyl (C=O) groups is 2. The van der Waals surface area contributed by atoms with Crippen LogP contribution in [0.2, 0.25) is 0 Å². The molecule has 0 unspecified atom stereocenters. The number of ether oxygens (including phenoxy) is 2. The highest BCUT2D eigenvalue weighted by Crippen LogP contribution is 2.37. The number of hydrogen-bond acceptors (Lipinski definition) is 5. The Morgan fingerprint density at radius 3 is 2.61 bits per heavy atom. The smallest absolute Gasteiger partial charge is 0.410 e. The Labute approximate surface area is 106 Å². The van der Waals surface area contributed by atoms with E-state index in [-0.39, 0.29) is 30.3 Å². The Hall–Kier alpha value is -1.30. The number of nitrogens with zero attached hydrogens (tertiary/aromatic N) is 1. The lowest BCUT2D eigenvalue weighted by Crippen LogP contribution is -2.50. The van der Waals surface area contributed by atoms with Crippen LogP contribution >= 0.6 is 0 Å². The molecule has 0 saturated carbocycles. The Balaban J connectivity index is 2.05. The van der Waals surface area contributed by atoms with Gasteiger partial charge in [0.15, 0.2) is 0 Å². The standard InChI is InChI=1S/C12H19NO5/c1-3-17-12(16)13-8-4-9(18-7(2)14)6-10(13)11(15)5-8/h8-11,15H,3-6H2,1-2H3/t8-,9-,10+,11-/m0/s1. The first-order valence-corrected chi connectivity index (χ1v) is 6.33. The Morgan fingerprint density at radius 2 is 2.06 bits per heavy atom. The van der Waals surface area contributed by atoms with Gasteiger partial charge >= 0.3 is 12.1 Å². The van der Waals surface area contributed by atoms with Crippen LogP contribution in [-0.4, -0.2) is 53.0 Å². The number of fused-ring (bicyclic) bond motifs is 2. The number of amides is 1. The number of rotatable bonds is 2. The highest BCUT2D eigenvalue weighted by molar-refractivity contribution is 5.69. The fourth-order valence-corrected chi connectivity index (χ4v) is 2.97. The van der Waals surface area contributed by atoms with Gasteiger partial charge in [0.1, 0.15) is 6.10 Å². The summed E-state index contributed by atoms with van der Waals surface area (Å²) in [5.41, 5.74) is 0. The number of aliphatic hydroxyl groups excluding tert-OH is 1. The van der Waals surface area contributed by atoms with Crippen LogP contribution in [0.4, 0.5) is 4.79 Å². The van der Waals surface area contributed by atoms with Gasteiger partial charge in [-0.2, -0.15) is 0 Å². The van der Waals surface area contributed by atoms with E-state index >= 15 is 0 Å². The van der Waals surface area contributed by atoms with Gasteiger partial charge in [0.2, 0.25) is 0 Å². The number of carbonyl (C=O) groups excluding carboxylic acids is 2. The normalized spacial score (nSPS) is 34.3. The molecule has 2 fully saturated rings. The average molecular weight is 257 g/mol. The van der Waals surface area contributed by atoms with Crippen molar-refractivity contribution in [3.05, 3.63) is 0 Å². The number of hydrogen-bond donors (Lipinski definition) is 1. The van der Waals surface area contributed by atoms with Gasteiger partial charge in [0.25, 0.3) is 0 Å². The first-order valence-electron chi connectivity index (χ1n) is 6.33. The van der Waals surface area contributed by atoms with Crippen LogP contribution in [0.5, 0.6) is 0 Å². The van der Waals surface area contributed by atoms with Crippen molar-refractivity contribution in [3.63, 3.8) is 0 Å². The van der Waals surface area contributed by atoms with Crippen LogP contribution < -0.4 is 0 Å². The molecule has 6 heteroatoms. The molecule has 2 rings (SSSR count). The minimum absolute atomic E-state index is 0.0952. The largest absolute Gasteiger partial charge is 0.462 e. The van der Waals surface area contributed by atoms with Crippen molar-refractivity contribution >= 4 is 12.1 Å². The zero-order chi connectivity index (χ0) is 13.3. The van der Waals surface area contributed by atoms with Crippen molar-refractivity contribution < 1.29 is 24.2 Å². The van der Waals surface area contributed by atoms with Crippen molar-refractivity contribution in [3.8, 4) is 0 Å². The van der Waals surface area contributed by atoms with Crippen molar-refractivity contribution in [2.45, 2.75) is 57.4 Å². The highest BCUT2D eigenvalue weighted by atomic mass is 16.6. The molecule has 0 aromatic rings. The topological polar surface area (TPSA) is 76.1 Å².